The van der Waals surface area contributed by atoms with Gasteiger partial charge in [0, 0.05) is 16.9 Å². The third kappa shape index (κ3) is 7.21. The van der Waals surface area contributed by atoms with Crippen LogP contribution in [0.3, 0.4) is 0 Å². The van der Waals surface area contributed by atoms with E-state index in [1.165, 1.54) is 12.1 Å². The lowest BCUT2D eigenvalue weighted by Gasteiger charge is -2.25. The maximum absolute atomic E-state index is 13.7. The molecule has 0 atom stereocenters. The first-order chi connectivity index (χ1) is 19.3. The van der Waals surface area contributed by atoms with Gasteiger partial charge in [-0.2, -0.15) is 0 Å². The normalized spacial score (nSPS) is 11.5. The fraction of sp³-hybridized carbons (Fsp3) is 0.212. The van der Waals surface area contributed by atoms with Crippen LogP contribution in [0.4, 0.5) is 17.1 Å². The molecule has 212 valence electrons. The second kappa shape index (κ2) is 12.0. The maximum Gasteiger partial charge on any atom is 0.264 e. The largest absolute Gasteiger partial charge is 0.324 e. The number of hydrogen-bond donors (Lipinski definition) is 2. The number of hydrogen-bond acceptors (Lipinski definition) is 4. The van der Waals surface area contributed by atoms with Crippen LogP contribution >= 0.6 is 0 Å². The van der Waals surface area contributed by atoms with Crippen molar-refractivity contribution in [2.45, 2.75) is 44.9 Å². The smallest absolute Gasteiger partial charge is 0.264 e. The van der Waals surface area contributed by atoms with Gasteiger partial charge in [-0.1, -0.05) is 74.9 Å². The molecule has 0 heterocycles. The quantitative estimate of drug-likeness (QED) is 0.247. The lowest BCUT2D eigenvalue weighted by Crippen LogP contribution is -2.38. The van der Waals surface area contributed by atoms with E-state index < -0.39 is 22.5 Å². The van der Waals surface area contributed by atoms with Crippen molar-refractivity contribution >= 4 is 38.9 Å². The summed E-state index contributed by atoms with van der Waals surface area (Å²) in [5, 5.41) is 5.63. The summed E-state index contributed by atoms with van der Waals surface area (Å²) >= 11 is 0. The molecule has 8 heteroatoms. The van der Waals surface area contributed by atoms with E-state index >= 15 is 0 Å². The Kier molecular flexibility index (Phi) is 8.63. The SMILES string of the molecule is Cc1ccc(S(=O)(=O)N(CC(=O)Nc2cccc(NC(=O)c3ccc(C(C)(C)C)cc3)c2)c2ccccc2C)cc1. The number of carbonyl (C=O) groups is 2. The summed E-state index contributed by atoms with van der Waals surface area (Å²) in [7, 11) is -4.03. The van der Waals surface area contributed by atoms with E-state index in [1.807, 2.05) is 25.1 Å². The molecule has 0 bridgehead atoms. The molecule has 0 saturated heterocycles. The van der Waals surface area contributed by atoms with Crippen LogP contribution in [-0.4, -0.2) is 26.8 Å². The molecule has 41 heavy (non-hydrogen) atoms. The highest BCUT2D eigenvalue weighted by Gasteiger charge is 2.28. The molecule has 0 aromatic heterocycles. The first-order valence-electron chi connectivity index (χ1n) is 13.3. The number of sulfonamides is 1. The zero-order chi connectivity index (χ0) is 29.8. The van der Waals surface area contributed by atoms with Crippen LogP contribution in [0.1, 0.15) is 47.8 Å². The molecule has 4 aromatic carbocycles. The fourth-order valence-electron chi connectivity index (χ4n) is 4.31. The van der Waals surface area contributed by atoms with Gasteiger partial charge in [-0.3, -0.25) is 13.9 Å². The maximum atomic E-state index is 13.7. The van der Waals surface area contributed by atoms with Gasteiger partial charge in [0.15, 0.2) is 0 Å². The Morgan fingerprint density at radius 3 is 1.98 bits per heavy atom. The van der Waals surface area contributed by atoms with Gasteiger partial charge < -0.3 is 10.6 Å². The van der Waals surface area contributed by atoms with E-state index in [-0.39, 0.29) is 16.2 Å². The molecule has 0 aliphatic heterocycles. The summed E-state index contributed by atoms with van der Waals surface area (Å²) in [6, 6.07) is 27.7. The average molecular weight is 570 g/mol. The lowest BCUT2D eigenvalue weighted by molar-refractivity contribution is -0.114. The average Bonchev–Trinajstić information content (AvgIpc) is 2.92. The van der Waals surface area contributed by atoms with Crippen molar-refractivity contribution in [3.05, 3.63) is 119 Å². The van der Waals surface area contributed by atoms with Crippen LogP contribution in [0.25, 0.3) is 0 Å². The van der Waals surface area contributed by atoms with Crippen molar-refractivity contribution in [1.82, 2.24) is 0 Å². The van der Waals surface area contributed by atoms with E-state index in [9.17, 15) is 18.0 Å². The Balaban J connectivity index is 1.52. The van der Waals surface area contributed by atoms with Crippen molar-refractivity contribution in [1.29, 1.82) is 0 Å². The number of nitrogens with zero attached hydrogens (tertiary/aromatic N) is 1. The molecular formula is C33H35N3O4S. The molecule has 0 fully saturated rings. The molecule has 4 rings (SSSR count). The molecule has 2 amide bonds. The molecule has 0 unspecified atom stereocenters. The van der Waals surface area contributed by atoms with Gasteiger partial charge in [0.1, 0.15) is 6.54 Å². The van der Waals surface area contributed by atoms with Gasteiger partial charge >= 0.3 is 0 Å². The Labute approximate surface area is 242 Å². The number of rotatable bonds is 8. The number of amides is 2. The minimum Gasteiger partial charge on any atom is -0.324 e. The zero-order valence-electron chi connectivity index (χ0n) is 23.9. The number of para-hydroxylation sites is 1. The van der Waals surface area contributed by atoms with E-state index in [2.05, 4.69) is 31.4 Å². The topological polar surface area (TPSA) is 95.6 Å². The summed E-state index contributed by atoms with van der Waals surface area (Å²) in [6.45, 7) is 9.58. The summed E-state index contributed by atoms with van der Waals surface area (Å²) in [4.78, 5) is 26.1. The Morgan fingerprint density at radius 1 is 0.756 bits per heavy atom. The second-order valence-corrected chi connectivity index (χ2v) is 12.9. The van der Waals surface area contributed by atoms with Crippen LogP contribution in [0.15, 0.2) is 102 Å². The van der Waals surface area contributed by atoms with Gasteiger partial charge in [-0.05, 0) is 78.9 Å². The fourth-order valence-corrected chi connectivity index (χ4v) is 5.80. The predicted octanol–water partition coefficient (Wildman–Crippen LogP) is 6.69. The van der Waals surface area contributed by atoms with Gasteiger partial charge in [0.2, 0.25) is 5.91 Å². The van der Waals surface area contributed by atoms with Crippen molar-refractivity contribution in [3.8, 4) is 0 Å². The summed E-state index contributed by atoms with van der Waals surface area (Å²) in [6.07, 6.45) is 0. The minimum absolute atomic E-state index is 0.0181. The minimum atomic E-state index is -4.03. The molecule has 0 aliphatic rings. The van der Waals surface area contributed by atoms with Crippen LogP contribution < -0.4 is 14.9 Å². The predicted molar refractivity (Wildman–Crippen MR) is 165 cm³/mol. The molecule has 2 N–H and O–H groups in total. The van der Waals surface area contributed by atoms with Crippen molar-refractivity contribution in [2.75, 3.05) is 21.5 Å². The standard InChI is InChI=1S/C33H35N3O4S/c1-23-13-19-29(20-14-23)41(39,40)36(30-12-7-6-9-24(30)2)22-31(37)34-27-10-8-11-28(21-27)35-32(38)25-15-17-26(18-16-25)33(3,4)5/h6-21H,22H2,1-5H3,(H,34,37)(H,35,38). The third-order valence-corrected chi connectivity index (χ3v) is 8.47. The van der Waals surface area contributed by atoms with E-state index in [0.717, 1.165) is 21.0 Å². The number of nitrogens with one attached hydrogen (secondary N) is 2. The van der Waals surface area contributed by atoms with Crippen molar-refractivity contribution in [3.63, 3.8) is 0 Å². The molecule has 7 nitrogen and oxygen atoms in total. The lowest BCUT2D eigenvalue weighted by atomic mass is 9.87. The highest BCUT2D eigenvalue weighted by atomic mass is 32.2. The first kappa shape index (κ1) is 29.6. The highest BCUT2D eigenvalue weighted by molar-refractivity contribution is 7.92. The van der Waals surface area contributed by atoms with E-state index in [1.54, 1.807) is 73.7 Å². The molecule has 4 aromatic rings. The monoisotopic (exact) mass is 569 g/mol. The highest BCUT2D eigenvalue weighted by Crippen LogP contribution is 2.27. The van der Waals surface area contributed by atoms with Gasteiger partial charge in [-0.15, -0.1) is 0 Å². The summed E-state index contributed by atoms with van der Waals surface area (Å²) in [5.41, 5.74) is 4.61. The third-order valence-electron chi connectivity index (χ3n) is 6.70. The van der Waals surface area contributed by atoms with Crippen molar-refractivity contribution < 1.29 is 18.0 Å². The van der Waals surface area contributed by atoms with Gasteiger partial charge in [0.05, 0.1) is 10.6 Å². The first-order valence-corrected chi connectivity index (χ1v) is 14.8. The molecule has 0 radical (unpaired) electrons. The Morgan fingerprint density at radius 2 is 1.37 bits per heavy atom. The van der Waals surface area contributed by atoms with Crippen LogP contribution in [0.5, 0.6) is 0 Å². The van der Waals surface area contributed by atoms with Crippen LogP contribution in [-0.2, 0) is 20.2 Å². The number of carbonyl (C=O) groups excluding carboxylic acids is 2. The summed E-state index contributed by atoms with van der Waals surface area (Å²) in [5.74, 6) is -0.797. The Hall–Kier alpha value is -4.43. The molecule has 0 saturated carbocycles. The van der Waals surface area contributed by atoms with Crippen LogP contribution in [0, 0.1) is 13.8 Å². The van der Waals surface area contributed by atoms with Crippen LogP contribution in [0.2, 0.25) is 0 Å². The van der Waals surface area contributed by atoms with E-state index in [0.29, 0.717) is 22.6 Å². The Bertz CT molecular complexity index is 1660. The second-order valence-electron chi connectivity index (χ2n) is 11.0. The number of aryl methyl sites for hydroxylation is 2. The van der Waals surface area contributed by atoms with Gasteiger partial charge in [0.25, 0.3) is 15.9 Å². The molecular weight excluding hydrogens is 534 g/mol. The molecule has 0 aliphatic carbocycles. The zero-order valence-corrected chi connectivity index (χ0v) is 24.7. The molecule has 0 spiro atoms. The van der Waals surface area contributed by atoms with Crippen molar-refractivity contribution in [2.24, 2.45) is 0 Å². The number of benzene rings is 4. The summed E-state index contributed by atoms with van der Waals surface area (Å²) < 4.78 is 28.5. The number of anilines is 3. The van der Waals surface area contributed by atoms with Gasteiger partial charge in [-0.25, -0.2) is 8.42 Å². The van der Waals surface area contributed by atoms with E-state index in [4.69, 9.17) is 0 Å².